The second-order valence-electron chi connectivity index (χ2n) is 4.02. The third kappa shape index (κ3) is 1.97. The number of phenols is 1. The van der Waals surface area contributed by atoms with E-state index in [1.807, 2.05) is 0 Å². The first kappa shape index (κ1) is 11.2. The Hall–Kier alpha value is -1.29. The summed E-state index contributed by atoms with van der Waals surface area (Å²) in [6.07, 6.45) is 3.17. The lowest BCUT2D eigenvalue weighted by molar-refractivity contribution is 0.349. The van der Waals surface area contributed by atoms with Crippen molar-refractivity contribution < 1.29 is 14.2 Å². The number of halogens is 1. The maximum atomic E-state index is 13.6. The van der Waals surface area contributed by atoms with E-state index < -0.39 is 5.82 Å². The van der Waals surface area contributed by atoms with Crippen LogP contribution in [0.25, 0.3) is 0 Å². The van der Waals surface area contributed by atoms with Crippen LogP contribution in [0.2, 0.25) is 0 Å². The first-order valence-corrected chi connectivity index (χ1v) is 5.52. The Bertz CT molecular complexity index is 376. The van der Waals surface area contributed by atoms with Crippen molar-refractivity contribution in [2.75, 3.05) is 13.7 Å². The molecule has 1 aliphatic rings. The van der Waals surface area contributed by atoms with Gasteiger partial charge in [0.05, 0.1) is 7.11 Å². The Morgan fingerprint density at radius 1 is 1.44 bits per heavy atom. The molecule has 0 radical (unpaired) electrons. The number of rotatable bonds is 2. The molecule has 1 fully saturated rings. The highest BCUT2D eigenvalue weighted by atomic mass is 19.1. The van der Waals surface area contributed by atoms with Crippen molar-refractivity contribution in [3.63, 3.8) is 0 Å². The SMILES string of the molecule is COc1ccc(C2CCCCN2)c(O)c1F. The van der Waals surface area contributed by atoms with Crippen molar-refractivity contribution in [1.82, 2.24) is 5.32 Å². The van der Waals surface area contributed by atoms with Crippen molar-refractivity contribution in [1.29, 1.82) is 0 Å². The summed E-state index contributed by atoms with van der Waals surface area (Å²) in [5.41, 5.74) is 0.623. The van der Waals surface area contributed by atoms with E-state index in [1.54, 1.807) is 12.1 Å². The van der Waals surface area contributed by atoms with E-state index in [4.69, 9.17) is 4.74 Å². The summed E-state index contributed by atoms with van der Waals surface area (Å²) in [7, 11) is 1.39. The molecule has 0 saturated carbocycles. The van der Waals surface area contributed by atoms with Gasteiger partial charge < -0.3 is 15.2 Å². The van der Waals surface area contributed by atoms with Gasteiger partial charge in [0.2, 0.25) is 5.82 Å². The lowest BCUT2D eigenvalue weighted by Crippen LogP contribution is -2.26. The Morgan fingerprint density at radius 3 is 2.88 bits per heavy atom. The molecule has 4 heteroatoms. The fourth-order valence-electron chi connectivity index (χ4n) is 2.12. The fraction of sp³-hybridized carbons (Fsp3) is 0.500. The molecular weight excluding hydrogens is 209 g/mol. The minimum atomic E-state index is -0.674. The number of hydrogen-bond acceptors (Lipinski definition) is 3. The van der Waals surface area contributed by atoms with Gasteiger partial charge in [-0.3, -0.25) is 0 Å². The molecule has 1 aromatic rings. The zero-order valence-corrected chi connectivity index (χ0v) is 9.29. The lowest BCUT2D eigenvalue weighted by atomic mass is 9.96. The number of aromatic hydroxyl groups is 1. The minimum Gasteiger partial charge on any atom is -0.504 e. The molecule has 0 aromatic heterocycles. The highest BCUT2D eigenvalue weighted by Gasteiger charge is 2.21. The lowest BCUT2D eigenvalue weighted by Gasteiger charge is -2.24. The molecule has 2 N–H and O–H groups in total. The van der Waals surface area contributed by atoms with Crippen molar-refractivity contribution in [2.24, 2.45) is 0 Å². The van der Waals surface area contributed by atoms with Crippen LogP contribution in [0.15, 0.2) is 12.1 Å². The van der Waals surface area contributed by atoms with Gasteiger partial charge in [0.25, 0.3) is 0 Å². The van der Waals surface area contributed by atoms with Crippen LogP contribution in [-0.2, 0) is 0 Å². The predicted octanol–water partition coefficient (Wildman–Crippen LogP) is 2.35. The van der Waals surface area contributed by atoms with E-state index in [1.165, 1.54) is 7.11 Å². The van der Waals surface area contributed by atoms with Crippen LogP contribution in [0.5, 0.6) is 11.5 Å². The zero-order chi connectivity index (χ0) is 11.5. The number of benzene rings is 1. The predicted molar refractivity (Wildman–Crippen MR) is 59.2 cm³/mol. The van der Waals surface area contributed by atoms with Gasteiger partial charge in [0.1, 0.15) is 0 Å². The molecule has 0 aliphatic carbocycles. The van der Waals surface area contributed by atoms with Gasteiger partial charge in [-0.25, -0.2) is 0 Å². The molecule has 1 saturated heterocycles. The van der Waals surface area contributed by atoms with E-state index in [0.717, 1.165) is 25.8 Å². The normalized spacial score (nSPS) is 20.8. The third-order valence-corrected chi connectivity index (χ3v) is 3.02. The Morgan fingerprint density at radius 2 is 2.25 bits per heavy atom. The first-order chi connectivity index (χ1) is 7.74. The molecule has 0 bridgehead atoms. The molecule has 0 amide bonds. The highest BCUT2D eigenvalue weighted by Crippen LogP contribution is 2.35. The average Bonchev–Trinajstić information content (AvgIpc) is 2.34. The molecule has 2 rings (SSSR count). The molecule has 88 valence electrons. The van der Waals surface area contributed by atoms with Gasteiger partial charge in [0.15, 0.2) is 11.5 Å². The van der Waals surface area contributed by atoms with Crippen molar-refractivity contribution >= 4 is 0 Å². The summed E-state index contributed by atoms with van der Waals surface area (Å²) in [5.74, 6) is -0.886. The molecule has 1 unspecified atom stereocenters. The molecule has 1 atom stereocenters. The smallest absolute Gasteiger partial charge is 0.206 e. The largest absolute Gasteiger partial charge is 0.504 e. The molecular formula is C12H16FNO2. The summed E-state index contributed by atoms with van der Waals surface area (Å²) in [5, 5.41) is 13.0. The topological polar surface area (TPSA) is 41.5 Å². The summed E-state index contributed by atoms with van der Waals surface area (Å²) in [4.78, 5) is 0. The van der Waals surface area contributed by atoms with Crippen LogP contribution in [0, 0.1) is 5.82 Å². The quantitative estimate of drug-likeness (QED) is 0.811. The van der Waals surface area contributed by atoms with E-state index in [9.17, 15) is 9.50 Å². The van der Waals surface area contributed by atoms with Gasteiger partial charge in [0, 0.05) is 11.6 Å². The number of piperidine rings is 1. The van der Waals surface area contributed by atoms with Crippen LogP contribution in [-0.4, -0.2) is 18.8 Å². The van der Waals surface area contributed by atoms with Crippen molar-refractivity contribution in [3.8, 4) is 11.5 Å². The van der Waals surface area contributed by atoms with Gasteiger partial charge in [-0.05, 0) is 31.5 Å². The van der Waals surface area contributed by atoms with Crippen LogP contribution < -0.4 is 10.1 Å². The highest BCUT2D eigenvalue weighted by molar-refractivity contribution is 5.43. The number of methoxy groups -OCH3 is 1. The third-order valence-electron chi connectivity index (χ3n) is 3.02. The van der Waals surface area contributed by atoms with Gasteiger partial charge in [-0.1, -0.05) is 6.42 Å². The molecule has 16 heavy (non-hydrogen) atoms. The Balaban J connectivity index is 2.30. The second-order valence-corrected chi connectivity index (χ2v) is 4.02. The van der Waals surface area contributed by atoms with Gasteiger partial charge in [-0.2, -0.15) is 4.39 Å². The van der Waals surface area contributed by atoms with Gasteiger partial charge >= 0.3 is 0 Å². The maximum absolute atomic E-state index is 13.6. The molecule has 1 aliphatic heterocycles. The number of ether oxygens (including phenoxy) is 1. The molecule has 0 spiro atoms. The van der Waals surface area contributed by atoms with Crippen LogP contribution >= 0.6 is 0 Å². The first-order valence-electron chi connectivity index (χ1n) is 5.52. The van der Waals surface area contributed by atoms with Gasteiger partial charge in [-0.15, -0.1) is 0 Å². The fourth-order valence-corrected chi connectivity index (χ4v) is 2.12. The zero-order valence-electron chi connectivity index (χ0n) is 9.29. The maximum Gasteiger partial charge on any atom is 0.206 e. The van der Waals surface area contributed by atoms with E-state index in [-0.39, 0.29) is 17.5 Å². The summed E-state index contributed by atoms with van der Waals surface area (Å²) >= 11 is 0. The standard InChI is InChI=1S/C12H16FNO2/c1-16-10-6-5-8(12(15)11(10)13)9-4-2-3-7-14-9/h5-6,9,14-15H,2-4,7H2,1H3. The van der Waals surface area contributed by atoms with Crippen molar-refractivity contribution in [3.05, 3.63) is 23.5 Å². The minimum absolute atomic E-state index is 0.0501. The average molecular weight is 225 g/mol. The summed E-state index contributed by atoms with van der Waals surface area (Å²) in [6, 6.07) is 3.33. The van der Waals surface area contributed by atoms with E-state index in [2.05, 4.69) is 5.32 Å². The number of hydrogen-bond donors (Lipinski definition) is 2. The van der Waals surface area contributed by atoms with Crippen LogP contribution in [0.4, 0.5) is 4.39 Å². The molecule has 1 aromatic carbocycles. The summed E-state index contributed by atoms with van der Waals surface area (Å²) in [6.45, 7) is 0.914. The molecule has 3 nitrogen and oxygen atoms in total. The van der Waals surface area contributed by atoms with Crippen LogP contribution in [0.1, 0.15) is 30.9 Å². The molecule has 1 heterocycles. The van der Waals surface area contributed by atoms with E-state index in [0.29, 0.717) is 5.56 Å². The Labute approximate surface area is 94.2 Å². The summed E-state index contributed by atoms with van der Waals surface area (Å²) < 4.78 is 18.4. The second kappa shape index (κ2) is 4.70. The van der Waals surface area contributed by atoms with E-state index >= 15 is 0 Å². The van der Waals surface area contributed by atoms with Crippen molar-refractivity contribution in [2.45, 2.75) is 25.3 Å². The monoisotopic (exact) mass is 225 g/mol. The number of phenolic OH excluding ortho intramolecular Hbond substituents is 1. The number of nitrogens with one attached hydrogen (secondary N) is 1. The van der Waals surface area contributed by atoms with Crippen LogP contribution in [0.3, 0.4) is 0 Å². The Kier molecular flexibility index (Phi) is 3.29.